The number of nitrogens with zero attached hydrogens (tertiary/aromatic N) is 1. The van der Waals surface area contributed by atoms with Crippen LogP contribution in [-0.2, 0) is 6.54 Å². The standard InChI is InChI=1S/C17H21BrN2/c1-13(15-5-4-6-16(18)11-15)19-17-9-7-14(8-10-17)12-20(2)3/h4-11,13,19H,12H2,1-3H3. The fourth-order valence-corrected chi connectivity index (χ4v) is 2.60. The second-order valence-electron chi connectivity index (χ2n) is 5.36. The van der Waals surface area contributed by atoms with Crippen LogP contribution in [0.15, 0.2) is 53.0 Å². The van der Waals surface area contributed by atoms with Crippen molar-refractivity contribution in [3.63, 3.8) is 0 Å². The van der Waals surface area contributed by atoms with Crippen molar-refractivity contribution in [1.29, 1.82) is 0 Å². The topological polar surface area (TPSA) is 15.3 Å². The maximum atomic E-state index is 3.53. The van der Waals surface area contributed by atoms with Crippen LogP contribution in [0.3, 0.4) is 0 Å². The zero-order valence-corrected chi connectivity index (χ0v) is 13.8. The molecule has 1 unspecified atom stereocenters. The second kappa shape index (κ2) is 6.91. The van der Waals surface area contributed by atoms with Gasteiger partial charge in [-0.25, -0.2) is 0 Å². The Balaban J connectivity index is 2.02. The average molecular weight is 333 g/mol. The van der Waals surface area contributed by atoms with Gasteiger partial charge in [0.25, 0.3) is 0 Å². The van der Waals surface area contributed by atoms with E-state index in [-0.39, 0.29) is 6.04 Å². The summed E-state index contributed by atoms with van der Waals surface area (Å²) < 4.78 is 1.12. The molecule has 106 valence electrons. The molecule has 0 fully saturated rings. The molecule has 2 aromatic carbocycles. The number of benzene rings is 2. The molecule has 0 aliphatic heterocycles. The van der Waals surface area contributed by atoms with E-state index in [2.05, 4.69) is 89.6 Å². The van der Waals surface area contributed by atoms with Crippen LogP contribution >= 0.6 is 15.9 Å². The normalized spacial score (nSPS) is 12.4. The smallest absolute Gasteiger partial charge is 0.0486 e. The Hall–Kier alpha value is -1.32. The number of halogens is 1. The van der Waals surface area contributed by atoms with Crippen LogP contribution in [0.2, 0.25) is 0 Å². The third kappa shape index (κ3) is 4.36. The molecule has 0 saturated carbocycles. The molecule has 0 heterocycles. The van der Waals surface area contributed by atoms with Crippen molar-refractivity contribution in [3.05, 3.63) is 64.1 Å². The van der Waals surface area contributed by atoms with Gasteiger partial charge in [0.05, 0.1) is 0 Å². The molecule has 0 saturated heterocycles. The van der Waals surface area contributed by atoms with Crippen LogP contribution in [0, 0.1) is 0 Å². The number of rotatable bonds is 5. The molecule has 0 radical (unpaired) electrons. The predicted molar refractivity (Wildman–Crippen MR) is 90.0 cm³/mol. The Morgan fingerprint density at radius 3 is 2.40 bits per heavy atom. The van der Waals surface area contributed by atoms with E-state index in [1.165, 1.54) is 11.1 Å². The van der Waals surface area contributed by atoms with Crippen molar-refractivity contribution >= 4 is 21.6 Å². The average Bonchev–Trinajstić information content (AvgIpc) is 2.40. The fraction of sp³-hybridized carbons (Fsp3) is 0.294. The Bertz CT molecular complexity index is 549. The molecule has 3 heteroatoms. The van der Waals surface area contributed by atoms with E-state index in [1.807, 2.05) is 6.07 Å². The van der Waals surface area contributed by atoms with Gasteiger partial charge in [-0.15, -0.1) is 0 Å². The fourth-order valence-electron chi connectivity index (χ4n) is 2.18. The second-order valence-corrected chi connectivity index (χ2v) is 6.27. The monoisotopic (exact) mass is 332 g/mol. The van der Waals surface area contributed by atoms with Crippen molar-refractivity contribution in [2.45, 2.75) is 19.5 Å². The zero-order chi connectivity index (χ0) is 14.5. The summed E-state index contributed by atoms with van der Waals surface area (Å²) >= 11 is 3.52. The van der Waals surface area contributed by atoms with E-state index in [0.29, 0.717) is 0 Å². The van der Waals surface area contributed by atoms with E-state index in [4.69, 9.17) is 0 Å². The first-order valence-corrected chi connectivity index (χ1v) is 7.59. The molecular formula is C17H21BrN2. The van der Waals surface area contributed by atoms with Gasteiger partial charge in [0.2, 0.25) is 0 Å². The van der Waals surface area contributed by atoms with Crippen molar-refractivity contribution in [2.75, 3.05) is 19.4 Å². The Labute approximate surface area is 129 Å². The van der Waals surface area contributed by atoms with Crippen molar-refractivity contribution in [1.82, 2.24) is 4.90 Å². The third-order valence-corrected chi connectivity index (χ3v) is 3.68. The quantitative estimate of drug-likeness (QED) is 0.854. The van der Waals surface area contributed by atoms with Gasteiger partial charge >= 0.3 is 0 Å². The summed E-state index contributed by atoms with van der Waals surface area (Å²) in [6.45, 7) is 3.15. The lowest BCUT2D eigenvalue weighted by atomic mass is 10.1. The van der Waals surface area contributed by atoms with Gasteiger partial charge in [-0.05, 0) is 56.4 Å². The molecule has 0 aliphatic carbocycles. The Kier molecular flexibility index (Phi) is 5.21. The molecule has 0 bridgehead atoms. The minimum atomic E-state index is 0.284. The molecule has 1 N–H and O–H groups in total. The van der Waals surface area contributed by atoms with E-state index >= 15 is 0 Å². The molecule has 2 rings (SSSR count). The summed E-state index contributed by atoms with van der Waals surface area (Å²) in [5.41, 5.74) is 3.76. The molecule has 2 nitrogen and oxygen atoms in total. The lowest BCUT2D eigenvalue weighted by Crippen LogP contribution is -2.11. The van der Waals surface area contributed by atoms with Crippen LogP contribution in [0.1, 0.15) is 24.1 Å². The SMILES string of the molecule is CC(Nc1ccc(CN(C)C)cc1)c1cccc(Br)c1. The van der Waals surface area contributed by atoms with Crippen molar-refractivity contribution in [3.8, 4) is 0 Å². The first-order chi connectivity index (χ1) is 9.54. The predicted octanol–water partition coefficient (Wildman–Crippen LogP) is 4.68. The number of hydrogen-bond acceptors (Lipinski definition) is 2. The molecule has 20 heavy (non-hydrogen) atoms. The first-order valence-electron chi connectivity index (χ1n) is 6.80. The number of nitrogens with one attached hydrogen (secondary N) is 1. The summed E-state index contributed by atoms with van der Waals surface area (Å²) in [4.78, 5) is 2.17. The summed E-state index contributed by atoms with van der Waals surface area (Å²) in [5.74, 6) is 0. The van der Waals surface area contributed by atoms with Crippen molar-refractivity contribution < 1.29 is 0 Å². The van der Waals surface area contributed by atoms with Gasteiger partial charge in [0.1, 0.15) is 0 Å². The summed E-state index contributed by atoms with van der Waals surface area (Å²) in [6, 6.07) is 17.3. The number of hydrogen-bond donors (Lipinski definition) is 1. The van der Waals surface area contributed by atoms with Gasteiger partial charge in [0, 0.05) is 22.7 Å². The Morgan fingerprint density at radius 1 is 1.10 bits per heavy atom. The van der Waals surface area contributed by atoms with E-state index in [1.54, 1.807) is 0 Å². The van der Waals surface area contributed by atoms with Crippen LogP contribution in [0.25, 0.3) is 0 Å². The minimum absolute atomic E-state index is 0.284. The van der Waals surface area contributed by atoms with Crippen LogP contribution in [0.5, 0.6) is 0 Å². The highest BCUT2D eigenvalue weighted by molar-refractivity contribution is 9.10. The van der Waals surface area contributed by atoms with Crippen LogP contribution < -0.4 is 5.32 Å². The summed E-state index contributed by atoms with van der Waals surface area (Å²) in [5, 5.41) is 3.53. The van der Waals surface area contributed by atoms with E-state index < -0.39 is 0 Å². The highest BCUT2D eigenvalue weighted by Gasteiger charge is 2.05. The van der Waals surface area contributed by atoms with Gasteiger partial charge in [0.15, 0.2) is 0 Å². The van der Waals surface area contributed by atoms with Gasteiger partial charge < -0.3 is 10.2 Å². The lowest BCUT2D eigenvalue weighted by Gasteiger charge is -2.17. The summed E-state index contributed by atoms with van der Waals surface area (Å²) in [7, 11) is 4.17. The van der Waals surface area contributed by atoms with Gasteiger partial charge in [-0.1, -0.05) is 40.2 Å². The minimum Gasteiger partial charge on any atom is -0.379 e. The van der Waals surface area contributed by atoms with Crippen molar-refractivity contribution in [2.24, 2.45) is 0 Å². The first kappa shape index (κ1) is 15.1. The summed E-state index contributed by atoms with van der Waals surface area (Å²) in [6.07, 6.45) is 0. The Morgan fingerprint density at radius 2 is 1.80 bits per heavy atom. The van der Waals surface area contributed by atoms with Crippen LogP contribution in [-0.4, -0.2) is 19.0 Å². The molecular weight excluding hydrogens is 312 g/mol. The van der Waals surface area contributed by atoms with E-state index in [9.17, 15) is 0 Å². The van der Waals surface area contributed by atoms with E-state index in [0.717, 1.165) is 16.7 Å². The molecule has 1 atom stereocenters. The molecule has 0 aromatic heterocycles. The highest BCUT2D eigenvalue weighted by atomic mass is 79.9. The molecule has 0 spiro atoms. The molecule has 0 aliphatic rings. The maximum absolute atomic E-state index is 3.53. The van der Waals surface area contributed by atoms with Gasteiger partial charge in [-0.2, -0.15) is 0 Å². The van der Waals surface area contributed by atoms with Gasteiger partial charge in [-0.3, -0.25) is 0 Å². The zero-order valence-electron chi connectivity index (χ0n) is 12.2. The van der Waals surface area contributed by atoms with Crippen LogP contribution in [0.4, 0.5) is 5.69 Å². The number of anilines is 1. The maximum Gasteiger partial charge on any atom is 0.0486 e. The largest absolute Gasteiger partial charge is 0.379 e. The molecule has 2 aromatic rings. The highest BCUT2D eigenvalue weighted by Crippen LogP contribution is 2.22. The lowest BCUT2D eigenvalue weighted by molar-refractivity contribution is 0.402. The third-order valence-electron chi connectivity index (χ3n) is 3.18. The molecule has 0 amide bonds.